The van der Waals surface area contributed by atoms with E-state index in [1.807, 2.05) is 18.2 Å². The first-order chi connectivity index (χ1) is 12.0. The number of carbonyl (C=O) groups excluding carboxylic acids is 2. The Kier molecular flexibility index (Phi) is 3.63. The normalized spacial score (nSPS) is 31.1. The lowest BCUT2D eigenvalue weighted by atomic mass is 9.57. The molecule has 0 saturated carbocycles. The number of benzene rings is 1. The molecule has 2 aliphatic carbocycles. The fourth-order valence-corrected chi connectivity index (χ4v) is 4.92. The molecule has 0 saturated heterocycles. The second-order valence-electron chi connectivity index (χ2n) is 7.06. The highest BCUT2D eigenvalue weighted by Crippen LogP contribution is 2.60. The van der Waals surface area contributed by atoms with E-state index >= 15 is 0 Å². The summed E-state index contributed by atoms with van der Waals surface area (Å²) < 4.78 is 17.3. The van der Waals surface area contributed by atoms with Crippen molar-refractivity contribution in [3.05, 3.63) is 35.4 Å². The molecule has 0 aromatic heterocycles. The molecule has 0 amide bonds. The summed E-state index contributed by atoms with van der Waals surface area (Å²) in [4.78, 5) is 23.1. The smallest absolute Gasteiger partial charge is 0.308 e. The van der Waals surface area contributed by atoms with E-state index in [0.29, 0.717) is 17.4 Å². The lowest BCUT2D eigenvalue weighted by Gasteiger charge is -2.47. The van der Waals surface area contributed by atoms with Crippen molar-refractivity contribution >= 4 is 11.9 Å². The van der Waals surface area contributed by atoms with E-state index in [-0.39, 0.29) is 23.5 Å². The molecule has 132 valence electrons. The maximum atomic E-state index is 11.6. The van der Waals surface area contributed by atoms with Crippen molar-refractivity contribution in [1.29, 1.82) is 0 Å². The fourth-order valence-electron chi connectivity index (χ4n) is 4.92. The standard InChI is InChI=1S/C20H22O5/c1-4-20-14-7-5-13-6-9-15(23-11(2)21)18(17(13)20)25-19(20)16(10-8-14)24-12(3)22/h6,8-10,14,16,19H,4-5,7H2,1-3H3/t14?,16-,19-,20-/m0/s1. The Labute approximate surface area is 146 Å². The summed E-state index contributed by atoms with van der Waals surface area (Å²) in [6.07, 6.45) is 6.28. The van der Waals surface area contributed by atoms with Crippen LogP contribution < -0.4 is 9.47 Å². The van der Waals surface area contributed by atoms with Gasteiger partial charge in [0, 0.05) is 24.8 Å². The SMILES string of the molecule is CC[C@]12c3c4ccc(OC(C)=O)c3O[C@H]1[C@@H](OC(C)=O)C=CC2CC4. The molecular formula is C20H22O5. The Morgan fingerprint density at radius 3 is 2.72 bits per heavy atom. The number of allylic oxidation sites excluding steroid dienone is 1. The van der Waals surface area contributed by atoms with E-state index < -0.39 is 6.10 Å². The van der Waals surface area contributed by atoms with Crippen LogP contribution in [-0.2, 0) is 26.2 Å². The van der Waals surface area contributed by atoms with Crippen LogP contribution in [0, 0.1) is 5.92 Å². The third-order valence-electron chi connectivity index (χ3n) is 5.78. The van der Waals surface area contributed by atoms with Crippen LogP contribution in [0.4, 0.5) is 0 Å². The van der Waals surface area contributed by atoms with Gasteiger partial charge in [0.15, 0.2) is 17.6 Å². The van der Waals surface area contributed by atoms with Gasteiger partial charge < -0.3 is 14.2 Å². The summed E-state index contributed by atoms with van der Waals surface area (Å²) >= 11 is 0. The summed E-state index contributed by atoms with van der Waals surface area (Å²) in [5.41, 5.74) is 2.13. The molecule has 25 heavy (non-hydrogen) atoms. The molecule has 5 heteroatoms. The van der Waals surface area contributed by atoms with Crippen molar-refractivity contribution in [2.24, 2.45) is 5.92 Å². The predicted molar refractivity (Wildman–Crippen MR) is 90.6 cm³/mol. The molecule has 4 rings (SSSR count). The van der Waals surface area contributed by atoms with Gasteiger partial charge >= 0.3 is 11.9 Å². The van der Waals surface area contributed by atoms with Crippen LogP contribution in [0.2, 0.25) is 0 Å². The highest BCUT2D eigenvalue weighted by molar-refractivity contribution is 5.72. The first kappa shape index (κ1) is 16.2. The molecule has 1 unspecified atom stereocenters. The van der Waals surface area contributed by atoms with E-state index in [1.54, 1.807) is 0 Å². The molecular weight excluding hydrogens is 320 g/mol. The van der Waals surface area contributed by atoms with Crippen molar-refractivity contribution in [2.75, 3.05) is 0 Å². The second kappa shape index (κ2) is 5.61. The Morgan fingerprint density at radius 1 is 1.24 bits per heavy atom. The molecule has 1 aromatic rings. The first-order valence-electron chi connectivity index (χ1n) is 8.84. The maximum absolute atomic E-state index is 11.6. The molecule has 5 nitrogen and oxygen atoms in total. The molecule has 4 atom stereocenters. The fraction of sp³-hybridized carbons (Fsp3) is 0.500. The Morgan fingerprint density at radius 2 is 2.04 bits per heavy atom. The van der Waals surface area contributed by atoms with Gasteiger partial charge in [-0.2, -0.15) is 0 Å². The van der Waals surface area contributed by atoms with Gasteiger partial charge in [0.1, 0.15) is 6.10 Å². The predicted octanol–water partition coefficient (Wildman–Crippen LogP) is 3.08. The van der Waals surface area contributed by atoms with Crippen LogP contribution >= 0.6 is 0 Å². The average molecular weight is 342 g/mol. The maximum Gasteiger partial charge on any atom is 0.308 e. The minimum Gasteiger partial charge on any atom is -0.481 e. The lowest BCUT2D eigenvalue weighted by molar-refractivity contribution is -0.150. The molecule has 1 aliphatic heterocycles. The van der Waals surface area contributed by atoms with E-state index in [2.05, 4.69) is 13.0 Å². The van der Waals surface area contributed by atoms with Crippen LogP contribution in [0.15, 0.2) is 24.3 Å². The molecule has 0 radical (unpaired) electrons. The number of hydrogen-bond donors (Lipinski definition) is 0. The Bertz CT molecular complexity index is 781. The van der Waals surface area contributed by atoms with E-state index in [9.17, 15) is 9.59 Å². The quantitative estimate of drug-likeness (QED) is 0.480. The highest BCUT2D eigenvalue weighted by Gasteiger charge is 2.60. The first-order valence-corrected chi connectivity index (χ1v) is 8.84. The topological polar surface area (TPSA) is 61.8 Å². The highest BCUT2D eigenvalue weighted by atomic mass is 16.6. The van der Waals surface area contributed by atoms with E-state index in [0.717, 1.165) is 24.8 Å². The Balaban J connectivity index is 1.89. The van der Waals surface area contributed by atoms with Gasteiger partial charge in [-0.15, -0.1) is 0 Å². The average Bonchev–Trinajstić information content (AvgIpc) is 2.93. The van der Waals surface area contributed by atoms with Crippen LogP contribution in [0.25, 0.3) is 0 Å². The third kappa shape index (κ3) is 2.21. The molecule has 0 spiro atoms. The summed E-state index contributed by atoms with van der Waals surface area (Å²) in [5.74, 6) is 0.730. The van der Waals surface area contributed by atoms with Gasteiger partial charge in [-0.05, 0) is 42.9 Å². The number of hydrogen-bond acceptors (Lipinski definition) is 5. The van der Waals surface area contributed by atoms with Gasteiger partial charge in [-0.1, -0.05) is 19.1 Å². The molecule has 0 N–H and O–H groups in total. The van der Waals surface area contributed by atoms with Gasteiger partial charge in [0.05, 0.1) is 0 Å². The zero-order chi connectivity index (χ0) is 17.8. The van der Waals surface area contributed by atoms with E-state index in [4.69, 9.17) is 14.2 Å². The van der Waals surface area contributed by atoms with Crippen molar-refractivity contribution in [2.45, 2.75) is 57.7 Å². The van der Waals surface area contributed by atoms with Gasteiger partial charge in [-0.25, -0.2) is 0 Å². The Hall–Kier alpha value is -2.30. The third-order valence-corrected chi connectivity index (χ3v) is 5.78. The van der Waals surface area contributed by atoms with Crippen molar-refractivity contribution in [3.63, 3.8) is 0 Å². The summed E-state index contributed by atoms with van der Waals surface area (Å²) in [6, 6.07) is 3.85. The van der Waals surface area contributed by atoms with Crippen molar-refractivity contribution in [3.8, 4) is 11.5 Å². The van der Waals surface area contributed by atoms with Crippen LogP contribution in [0.3, 0.4) is 0 Å². The van der Waals surface area contributed by atoms with Crippen molar-refractivity contribution in [1.82, 2.24) is 0 Å². The van der Waals surface area contributed by atoms with Gasteiger partial charge in [0.25, 0.3) is 0 Å². The largest absolute Gasteiger partial charge is 0.481 e. The monoisotopic (exact) mass is 342 g/mol. The zero-order valence-electron chi connectivity index (χ0n) is 14.7. The minimum atomic E-state index is -0.433. The number of carbonyl (C=O) groups is 2. The van der Waals surface area contributed by atoms with Gasteiger partial charge in [0.2, 0.25) is 0 Å². The number of rotatable bonds is 3. The number of ether oxygens (including phenoxy) is 3. The lowest BCUT2D eigenvalue weighted by Crippen LogP contribution is -2.54. The van der Waals surface area contributed by atoms with Crippen LogP contribution in [0.5, 0.6) is 11.5 Å². The zero-order valence-corrected chi connectivity index (χ0v) is 14.7. The van der Waals surface area contributed by atoms with Crippen LogP contribution in [0.1, 0.15) is 44.7 Å². The molecule has 1 aromatic carbocycles. The summed E-state index contributed by atoms with van der Waals surface area (Å²) in [6.45, 7) is 4.95. The minimum absolute atomic E-state index is 0.242. The molecule has 1 heterocycles. The number of esters is 2. The van der Waals surface area contributed by atoms with Gasteiger partial charge in [-0.3, -0.25) is 9.59 Å². The number of aryl methyl sites for hydroxylation is 1. The van der Waals surface area contributed by atoms with Crippen LogP contribution in [-0.4, -0.2) is 24.1 Å². The second-order valence-corrected chi connectivity index (χ2v) is 7.06. The summed E-state index contributed by atoms with van der Waals surface area (Å²) in [5, 5.41) is 0. The molecule has 0 bridgehead atoms. The molecule has 0 fully saturated rings. The van der Waals surface area contributed by atoms with Crippen molar-refractivity contribution < 1.29 is 23.8 Å². The molecule has 3 aliphatic rings. The van der Waals surface area contributed by atoms with E-state index in [1.165, 1.54) is 19.4 Å². The summed E-state index contributed by atoms with van der Waals surface area (Å²) in [7, 11) is 0.